The second kappa shape index (κ2) is 27.9. The van der Waals surface area contributed by atoms with Crippen LogP contribution in [0.4, 0.5) is 13.2 Å². The van der Waals surface area contributed by atoms with Crippen LogP contribution in [0.15, 0.2) is 171 Å². The quantitative estimate of drug-likeness (QED) is 0.0809. The molecule has 6 aromatic carbocycles. The van der Waals surface area contributed by atoms with Gasteiger partial charge < -0.3 is 27.4 Å². The number of rotatable bonds is 15. The Hall–Kier alpha value is -11.3. The van der Waals surface area contributed by atoms with Gasteiger partial charge in [-0.2, -0.15) is 31.1 Å². The monoisotopic (exact) mass is 1480 g/mol. The summed E-state index contributed by atoms with van der Waals surface area (Å²) in [5, 5.41) is 57.3. The van der Waals surface area contributed by atoms with Gasteiger partial charge >= 0.3 is 0 Å². The second-order valence-electron chi connectivity index (χ2n) is 30.4. The van der Waals surface area contributed by atoms with Crippen molar-refractivity contribution in [3.63, 3.8) is 0 Å². The van der Waals surface area contributed by atoms with Crippen molar-refractivity contribution in [2.45, 2.75) is 90.9 Å². The molecule has 0 atom stereocenters. The van der Waals surface area contributed by atoms with Gasteiger partial charge in [0.2, 0.25) is 0 Å². The average Bonchev–Trinajstić information content (AvgIpc) is 1.58. The molecule has 15 rings (SSSR count). The average molecular weight is 1480 g/mol. The predicted octanol–water partition coefficient (Wildman–Crippen LogP) is 19.1. The van der Waals surface area contributed by atoms with E-state index >= 15 is 0 Å². The summed E-state index contributed by atoms with van der Waals surface area (Å²) in [6, 6.07) is 46.2. The van der Waals surface area contributed by atoms with Crippen LogP contribution in [0.1, 0.15) is 89.0 Å². The zero-order valence-electron chi connectivity index (χ0n) is 61.9. The van der Waals surface area contributed by atoms with Gasteiger partial charge in [0, 0.05) is 154 Å². The summed E-state index contributed by atoms with van der Waals surface area (Å²) in [4.78, 5) is 14.0. The highest BCUT2D eigenvalue weighted by atomic mass is 31.2. The number of aryl methyl sites for hydroxylation is 2. The van der Waals surface area contributed by atoms with E-state index in [2.05, 4.69) is 96.7 Å². The van der Waals surface area contributed by atoms with Gasteiger partial charge in [0.1, 0.15) is 44.3 Å². The highest BCUT2D eigenvalue weighted by molar-refractivity contribution is 7.70. The van der Waals surface area contributed by atoms with Crippen molar-refractivity contribution in [2.24, 2.45) is 0 Å². The molecule has 15 aromatic rings. The Bertz CT molecular complexity index is 6300. The van der Waals surface area contributed by atoms with Gasteiger partial charge in [-0.05, 0) is 198 Å². The number of hydrogen-bond acceptors (Lipinski definition) is 12. The first-order chi connectivity index (χ1) is 50.6. The van der Waals surface area contributed by atoms with Crippen LogP contribution in [0.5, 0.6) is 0 Å². The number of nitrogens with one attached hydrogen (secondary N) is 3. The lowest BCUT2D eigenvalue weighted by Crippen LogP contribution is -2.22. The van der Waals surface area contributed by atoms with Crippen LogP contribution in [-0.4, -0.2) is 99.2 Å². The third-order valence-corrected chi connectivity index (χ3v) is 24.1. The molecule has 0 aliphatic rings. The van der Waals surface area contributed by atoms with Gasteiger partial charge in [-0.25, -0.2) is 13.2 Å². The topological polar surface area (TPSA) is 262 Å². The van der Waals surface area contributed by atoms with E-state index in [1.807, 2.05) is 91.8 Å². The SMILES string of the molecule is CC(C)(CC#N)c1c(-c2ccc(P(C)(C)=O)cn2)c2cc3[nH]ncc3cc2n1-c1ccc(F)cc1.Cc1cc(-c2c(C(C)(C)CC#N)n(-c3ccc(F)cc3)c3cc4cn[nH]c4cc23)cnc1P(C)(C)=O.Cc1cc(P(C)(C)=O)ncc1-c1c(C(C)(C)CC#N)n(-c2ccc(F)cc2)c2cc3cn[nH]c3cc12. The van der Waals surface area contributed by atoms with Gasteiger partial charge in [0.25, 0.3) is 0 Å². The Morgan fingerprint density at radius 1 is 0.421 bits per heavy atom. The molecule has 540 valence electrons. The van der Waals surface area contributed by atoms with Crippen molar-refractivity contribution in [3.05, 3.63) is 216 Å². The van der Waals surface area contributed by atoms with E-state index in [4.69, 9.17) is 4.98 Å². The van der Waals surface area contributed by atoms with Crippen molar-refractivity contribution >= 4 is 103 Å². The van der Waals surface area contributed by atoms with E-state index in [0.29, 0.717) is 21.9 Å². The molecule has 0 saturated heterocycles. The van der Waals surface area contributed by atoms with Crippen molar-refractivity contribution in [2.75, 3.05) is 40.0 Å². The molecule has 18 nitrogen and oxygen atoms in total. The summed E-state index contributed by atoms with van der Waals surface area (Å²) in [6.07, 6.45) is 11.4. The molecule has 107 heavy (non-hydrogen) atoms. The molecule has 0 amide bonds. The molecule has 0 radical (unpaired) electrons. The first-order valence-corrected chi connectivity index (χ1v) is 42.4. The standard InChI is InChI=1S/2C28H27FN5OP.C27H25FN5OP/c1-17-12-19(15-31-27(17)36(4,5)35)25-22-14-23-18(16-32-33-23)13-24(22)34(21-8-6-20(29)7-9-21)26(25)28(2,3)10-11-30;1-17-12-25(36(4,5)35)31-16-22(17)26-21-14-23-18(15-32-33-23)13-24(21)34(20-8-6-19(29)7-9-20)27(26)28(2,3)10-11-30;1-27(2,11-12-29)26-25(22-10-9-20(16-30-22)35(3,4)34)21-14-23-17(15-31-32-23)13-24(21)33(26)19-7-5-18(28)6-8-19/h2*6-9,12-16H,10H2,1-5H3,(H,32,33);5-10,13-16H,11H2,1-4H3,(H,31,32). The molecular weight excluding hydrogens is 1400 g/mol. The Morgan fingerprint density at radius 3 is 1.17 bits per heavy atom. The van der Waals surface area contributed by atoms with Gasteiger partial charge in [-0.1, -0.05) is 41.5 Å². The highest BCUT2D eigenvalue weighted by Crippen LogP contribution is 2.50. The van der Waals surface area contributed by atoms with Crippen LogP contribution in [0.3, 0.4) is 0 Å². The van der Waals surface area contributed by atoms with Crippen LogP contribution in [0.2, 0.25) is 0 Å². The molecule has 0 aliphatic carbocycles. The number of aromatic nitrogens is 12. The Kier molecular flexibility index (Phi) is 19.3. The van der Waals surface area contributed by atoms with E-state index in [-0.39, 0.29) is 36.7 Å². The number of H-pyrrole nitrogens is 3. The minimum atomic E-state index is -2.55. The zero-order valence-corrected chi connectivity index (χ0v) is 64.5. The first-order valence-electron chi connectivity index (χ1n) is 34.6. The summed E-state index contributed by atoms with van der Waals surface area (Å²) < 4.78 is 86.1. The fourth-order valence-corrected chi connectivity index (χ4v) is 17.4. The molecule has 0 bridgehead atoms. The van der Waals surface area contributed by atoms with Crippen molar-refractivity contribution in [1.29, 1.82) is 15.8 Å². The number of hydrogen-bond donors (Lipinski definition) is 3. The van der Waals surface area contributed by atoms with Crippen LogP contribution >= 0.6 is 21.4 Å². The number of benzene rings is 6. The molecule has 3 N–H and O–H groups in total. The smallest absolute Gasteiger partial charge is 0.127 e. The molecule has 24 heteroatoms. The number of pyridine rings is 3. The lowest BCUT2D eigenvalue weighted by molar-refractivity contribution is 0.515. The summed E-state index contributed by atoms with van der Waals surface area (Å²) >= 11 is 0. The second-order valence-corrected chi connectivity index (χ2v) is 39.9. The van der Waals surface area contributed by atoms with Gasteiger partial charge in [0.05, 0.1) is 81.0 Å². The Labute approximate surface area is 617 Å². The molecule has 0 saturated carbocycles. The van der Waals surface area contributed by atoms with Crippen LogP contribution in [0, 0.1) is 65.3 Å². The number of halogens is 3. The molecule has 9 aromatic heterocycles. The summed E-state index contributed by atoms with van der Waals surface area (Å²) in [5.74, 6) is -0.949. The number of aromatic amines is 3. The van der Waals surface area contributed by atoms with Gasteiger partial charge in [0.15, 0.2) is 0 Å². The highest BCUT2D eigenvalue weighted by Gasteiger charge is 2.37. The van der Waals surface area contributed by atoms with E-state index in [1.165, 1.54) is 36.4 Å². The predicted molar refractivity (Wildman–Crippen MR) is 425 cm³/mol. The lowest BCUT2D eigenvalue weighted by Gasteiger charge is -2.27. The van der Waals surface area contributed by atoms with Crippen LogP contribution in [0.25, 0.3) is 116 Å². The van der Waals surface area contributed by atoms with E-state index < -0.39 is 37.7 Å². The lowest BCUT2D eigenvalue weighted by atomic mass is 9.81. The normalized spacial score (nSPS) is 12.4. The third-order valence-electron chi connectivity index (χ3n) is 19.7. The number of nitriles is 3. The molecule has 0 spiro atoms. The minimum Gasteiger partial charge on any atom is -0.319 e. The van der Waals surface area contributed by atoms with Crippen molar-refractivity contribution in [1.82, 2.24) is 59.2 Å². The number of nitrogens with zero attached hydrogens (tertiary/aromatic N) is 12. The Morgan fingerprint density at radius 2 is 0.813 bits per heavy atom. The number of fused-ring (bicyclic) bond motifs is 6. The van der Waals surface area contributed by atoms with Gasteiger partial charge in [-0.15, -0.1) is 0 Å². The summed E-state index contributed by atoms with van der Waals surface area (Å²) in [6.45, 7) is 26.5. The van der Waals surface area contributed by atoms with E-state index in [9.17, 15) is 42.7 Å². The van der Waals surface area contributed by atoms with E-state index in [1.54, 1.807) is 114 Å². The first kappa shape index (κ1) is 74.0. The van der Waals surface area contributed by atoms with Gasteiger partial charge in [-0.3, -0.25) is 30.2 Å². The largest absolute Gasteiger partial charge is 0.319 e. The molecule has 0 unspecified atom stereocenters. The zero-order chi connectivity index (χ0) is 76.6. The fraction of sp³-hybridized carbons (Fsp3) is 0.241. The maximum Gasteiger partial charge on any atom is 0.127 e. The van der Waals surface area contributed by atoms with Crippen LogP contribution < -0.4 is 16.2 Å². The van der Waals surface area contributed by atoms with E-state index in [0.717, 1.165) is 139 Å². The van der Waals surface area contributed by atoms with Crippen molar-refractivity contribution in [3.8, 4) is 68.8 Å². The maximum absolute atomic E-state index is 13.9. The fourth-order valence-electron chi connectivity index (χ4n) is 14.6. The summed E-state index contributed by atoms with van der Waals surface area (Å²) in [5.41, 5.74) is 17.1. The molecular formula is C83H79F3N15O3P3. The summed E-state index contributed by atoms with van der Waals surface area (Å²) in [7, 11) is -7.55. The van der Waals surface area contributed by atoms with Crippen molar-refractivity contribution < 1.29 is 26.9 Å². The van der Waals surface area contributed by atoms with Crippen LogP contribution in [-0.2, 0) is 29.9 Å². The minimum absolute atomic E-state index is 0.272. The molecule has 0 fully saturated rings. The third kappa shape index (κ3) is 14.1. The molecule has 0 aliphatic heterocycles. The molecule has 9 heterocycles. The maximum atomic E-state index is 13.9. The Balaban J connectivity index is 0.000000142.